The predicted octanol–water partition coefficient (Wildman–Crippen LogP) is 3.19. The minimum atomic E-state index is -0.500. The van der Waals surface area contributed by atoms with Gasteiger partial charge in [-0.15, -0.1) is 0 Å². The van der Waals surface area contributed by atoms with Gasteiger partial charge >= 0.3 is 5.97 Å². The maximum atomic E-state index is 13.1. The molecule has 0 atom stereocenters. The summed E-state index contributed by atoms with van der Waals surface area (Å²) in [4.78, 5) is 36.3. The van der Waals surface area contributed by atoms with E-state index in [1.807, 2.05) is 24.3 Å². The van der Waals surface area contributed by atoms with E-state index in [0.717, 1.165) is 35.1 Å². The number of carbonyl (C=O) groups excluding carboxylic acids is 2. The van der Waals surface area contributed by atoms with E-state index in [4.69, 9.17) is 9.72 Å². The summed E-state index contributed by atoms with van der Waals surface area (Å²) in [5, 5.41) is 3.44. The molecular weight excluding hydrogens is 380 g/mol. The first-order valence-electron chi connectivity index (χ1n) is 10.0. The lowest BCUT2D eigenvalue weighted by Gasteiger charge is -2.32. The minimum Gasteiger partial charge on any atom is -0.452 e. The lowest BCUT2D eigenvalue weighted by atomic mass is 9.95. The van der Waals surface area contributed by atoms with Crippen LogP contribution in [-0.4, -0.2) is 45.9 Å². The van der Waals surface area contributed by atoms with Crippen molar-refractivity contribution in [3.63, 3.8) is 0 Å². The number of pyridine rings is 2. The van der Waals surface area contributed by atoms with Gasteiger partial charge in [0.2, 0.25) is 0 Å². The van der Waals surface area contributed by atoms with Gasteiger partial charge in [-0.25, -0.2) is 4.79 Å². The molecule has 3 heterocycles. The highest BCUT2D eigenvalue weighted by atomic mass is 16.5. The number of ether oxygens (including phenoxy) is 1. The van der Waals surface area contributed by atoms with E-state index in [0.29, 0.717) is 23.8 Å². The van der Waals surface area contributed by atoms with Crippen LogP contribution in [0.4, 0.5) is 5.69 Å². The van der Waals surface area contributed by atoms with Crippen molar-refractivity contribution in [2.24, 2.45) is 0 Å². The van der Waals surface area contributed by atoms with Crippen molar-refractivity contribution in [3.8, 4) is 0 Å². The zero-order valence-corrected chi connectivity index (χ0v) is 17.1. The highest BCUT2D eigenvalue weighted by Gasteiger charge is 2.27. The van der Waals surface area contributed by atoms with Crippen LogP contribution in [0.25, 0.3) is 10.9 Å². The summed E-state index contributed by atoms with van der Waals surface area (Å²) in [6, 6.07) is 11.3. The first kappa shape index (κ1) is 20.0. The van der Waals surface area contributed by atoms with Gasteiger partial charge in [0.05, 0.1) is 11.1 Å². The Bertz CT molecular complexity index is 1080. The third-order valence-corrected chi connectivity index (χ3v) is 5.31. The zero-order valence-electron chi connectivity index (χ0n) is 17.1. The maximum absolute atomic E-state index is 13.1. The summed E-state index contributed by atoms with van der Waals surface area (Å²) in [6.07, 6.45) is 3.94. The molecule has 0 fully saturated rings. The monoisotopic (exact) mass is 404 g/mol. The number of carbonyl (C=O) groups is 2. The van der Waals surface area contributed by atoms with Crippen molar-refractivity contribution in [1.82, 2.24) is 14.9 Å². The molecule has 1 N–H and O–H groups in total. The van der Waals surface area contributed by atoms with Crippen molar-refractivity contribution in [2.75, 3.05) is 18.5 Å². The van der Waals surface area contributed by atoms with Crippen molar-refractivity contribution in [2.45, 2.75) is 32.9 Å². The second-order valence-corrected chi connectivity index (χ2v) is 7.60. The lowest BCUT2D eigenvalue weighted by molar-refractivity contribution is -0.119. The van der Waals surface area contributed by atoms with Crippen LogP contribution in [0, 0.1) is 0 Å². The van der Waals surface area contributed by atoms with Crippen LogP contribution in [0.2, 0.25) is 0 Å². The van der Waals surface area contributed by atoms with Crippen LogP contribution >= 0.6 is 0 Å². The van der Waals surface area contributed by atoms with Crippen LogP contribution in [0.15, 0.2) is 48.8 Å². The summed E-state index contributed by atoms with van der Waals surface area (Å²) in [6.45, 7) is 5.46. The quantitative estimate of drug-likeness (QED) is 0.658. The molecular formula is C23H24N4O3. The summed E-state index contributed by atoms with van der Waals surface area (Å²) in [7, 11) is 0. The average Bonchev–Trinajstić information content (AvgIpc) is 2.76. The Morgan fingerprint density at radius 1 is 1.17 bits per heavy atom. The summed E-state index contributed by atoms with van der Waals surface area (Å²) in [5.41, 5.74) is 3.71. The number of aromatic nitrogens is 2. The summed E-state index contributed by atoms with van der Waals surface area (Å²) in [5.74, 6) is -0.897. The number of rotatable bonds is 5. The smallest absolute Gasteiger partial charge is 0.339 e. The molecule has 0 radical (unpaired) electrons. The molecule has 1 amide bonds. The average molecular weight is 404 g/mol. The Morgan fingerprint density at radius 3 is 2.70 bits per heavy atom. The number of fused-ring (bicyclic) bond motifs is 2. The van der Waals surface area contributed by atoms with Crippen LogP contribution < -0.4 is 5.32 Å². The van der Waals surface area contributed by atoms with Gasteiger partial charge < -0.3 is 10.1 Å². The first-order valence-corrected chi connectivity index (χ1v) is 10.0. The molecule has 4 rings (SSSR count). The second kappa shape index (κ2) is 8.59. The zero-order chi connectivity index (χ0) is 21.1. The molecule has 2 aromatic heterocycles. The molecule has 7 nitrogen and oxygen atoms in total. The SMILES string of the molecule is CC(C)N1CCc2nc3ccccc3c(C(=O)OCC(=O)Nc3ccncc3)c2C1. The predicted molar refractivity (Wildman–Crippen MR) is 114 cm³/mol. The number of hydrogen-bond acceptors (Lipinski definition) is 6. The van der Waals surface area contributed by atoms with E-state index in [1.54, 1.807) is 24.5 Å². The van der Waals surface area contributed by atoms with Gasteiger partial charge in [0.15, 0.2) is 6.61 Å². The van der Waals surface area contributed by atoms with Crippen LogP contribution in [-0.2, 0) is 22.5 Å². The van der Waals surface area contributed by atoms with Gasteiger partial charge in [0.1, 0.15) is 0 Å². The van der Waals surface area contributed by atoms with Crippen molar-refractivity contribution >= 4 is 28.5 Å². The number of hydrogen-bond donors (Lipinski definition) is 1. The molecule has 0 spiro atoms. The van der Waals surface area contributed by atoms with E-state index in [1.165, 1.54) is 0 Å². The van der Waals surface area contributed by atoms with E-state index in [9.17, 15) is 9.59 Å². The number of benzene rings is 1. The third-order valence-electron chi connectivity index (χ3n) is 5.31. The standard InChI is InChI=1S/C23H24N4O3/c1-15(2)27-12-9-20-18(13-27)22(17-5-3-4-6-19(17)26-20)23(29)30-14-21(28)25-16-7-10-24-11-8-16/h3-8,10-11,15H,9,12-14H2,1-2H3,(H,24,25,28). The molecule has 154 valence electrons. The molecule has 1 aliphatic rings. The lowest BCUT2D eigenvalue weighted by Crippen LogP contribution is -2.37. The van der Waals surface area contributed by atoms with E-state index >= 15 is 0 Å². The van der Waals surface area contributed by atoms with Crippen LogP contribution in [0.1, 0.15) is 35.5 Å². The van der Waals surface area contributed by atoms with Crippen molar-refractivity contribution in [1.29, 1.82) is 0 Å². The van der Waals surface area contributed by atoms with Gasteiger partial charge in [-0.2, -0.15) is 0 Å². The fourth-order valence-electron chi connectivity index (χ4n) is 3.72. The largest absolute Gasteiger partial charge is 0.452 e. The van der Waals surface area contributed by atoms with Crippen molar-refractivity contribution < 1.29 is 14.3 Å². The number of nitrogens with zero attached hydrogens (tertiary/aromatic N) is 3. The van der Waals surface area contributed by atoms with E-state index in [2.05, 4.69) is 29.0 Å². The number of esters is 1. The second-order valence-electron chi connectivity index (χ2n) is 7.60. The number of anilines is 1. The summed E-state index contributed by atoms with van der Waals surface area (Å²) >= 11 is 0. The van der Waals surface area contributed by atoms with E-state index in [-0.39, 0.29) is 6.61 Å². The first-order chi connectivity index (χ1) is 14.5. The molecule has 3 aromatic rings. The van der Waals surface area contributed by atoms with Gasteiger partial charge in [0.25, 0.3) is 5.91 Å². The fourth-order valence-corrected chi connectivity index (χ4v) is 3.72. The Kier molecular flexibility index (Phi) is 5.72. The van der Waals surface area contributed by atoms with Gasteiger partial charge in [0, 0.05) is 60.3 Å². The fraction of sp³-hybridized carbons (Fsp3) is 0.304. The Balaban J connectivity index is 1.60. The third kappa shape index (κ3) is 4.16. The maximum Gasteiger partial charge on any atom is 0.339 e. The normalized spacial score (nSPS) is 13.8. The van der Waals surface area contributed by atoms with Gasteiger partial charge in [-0.05, 0) is 32.0 Å². The van der Waals surface area contributed by atoms with Gasteiger partial charge in [-0.3, -0.25) is 19.7 Å². The minimum absolute atomic E-state index is 0.361. The topological polar surface area (TPSA) is 84.4 Å². The van der Waals surface area contributed by atoms with Crippen LogP contribution in [0.5, 0.6) is 0 Å². The molecule has 7 heteroatoms. The Morgan fingerprint density at radius 2 is 1.93 bits per heavy atom. The molecule has 1 aliphatic heterocycles. The number of para-hydroxylation sites is 1. The van der Waals surface area contributed by atoms with E-state index < -0.39 is 11.9 Å². The molecule has 0 bridgehead atoms. The molecule has 0 saturated heterocycles. The Hall–Kier alpha value is -3.32. The molecule has 1 aromatic carbocycles. The summed E-state index contributed by atoms with van der Waals surface area (Å²) < 4.78 is 5.42. The van der Waals surface area contributed by atoms with Crippen LogP contribution in [0.3, 0.4) is 0 Å². The highest BCUT2D eigenvalue weighted by molar-refractivity contribution is 6.06. The number of nitrogens with one attached hydrogen (secondary N) is 1. The Labute approximate surface area is 175 Å². The molecule has 30 heavy (non-hydrogen) atoms. The molecule has 0 saturated carbocycles. The molecule has 0 aliphatic carbocycles. The van der Waals surface area contributed by atoms with Gasteiger partial charge in [-0.1, -0.05) is 18.2 Å². The molecule has 0 unspecified atom stereocenters. The van der Waals surface area contributed by atoms with Crippen molar-refractivity contribution in [3.05, 3.63) is 65.6 Å². The highest BCUT2D eigenvalue weighted by Crippen LogP contribution is 2.29. The number of amides is 1.